The van der Waals surface area contributed by atoms with E-state index in [1.54, 1.807) is 41.3 Å². The first-order valence-electron chi connectivity index (χ1n) is 9.73. The first-order valence-corrected chi connectivity index (χ1v) is 11.2. The summed E-state index contributed by atoms with van der Waals surface area (Å²) in [7, 11) is -3.76. The van der Waals surface area contributed by atoms with Gasteiger partial charge in [-0.3, -0.25) is 9.52 Å². The number of hydrogen-bond donors (Lipinski definition) is 1. The van der Waals surface area contributed by atoms with Crippen LogP contribution in [0.2, 0.25) is 0 Å². The fraction of sp³-hybridized carbons (Fsp3) is 0.174. The highest BCUT2D eigenvalue weighted by Gasteiger charge is 2.25. The van der Waals surface area contributed by atoms with Gasteiger partial charge in [-0.15, -0.1) is 0 Å². The summed E-state index contributed by atoms with van der Waals surface area (Å²) < 4.78 is 33.3. The second-order valence-electron chi connectivity index (χ2n) is 6.92. The van der Waals surface area contributed by atoms with Crippen LogP contribution in [-0.4, -0.2) is 27.5 Å². The van der Waals surface area contributed by atoms with Crippen molar-refractivity contribution in [2.24, 2.45) is 0 Å². The highest BCUT2D eigenvalue weighted by molar-refractivity contribution is 7.92. The van der Waals surface area contributed by atoms with Gasteiger partial charge in [-0.1, -0.05) is 18.2 Å². The number of anilines is 2. The molecule has 1 heterocycles. The van der Waals surface area contributed by atoms with Gasteiger partial charge in [0.1, 0.15) is 5.75 Å². The monoisotopic (exact) mass is 422 g/mol. The number of carbonyl (C=O) groups is 1. The van der Waals surface area contributed by atoms with Crippen LogP contribution in [0.3, 0.4) is 0 Å². The molecule has 0 radical (unpaired) electrons. The first-order chi connectivity index (χ1) is 14.5. The van der Waals surface area contributed by atoms with E-state index in [-0.39, 0.29) is 10.8 Å². The molecule has 0 aromatic heterocycles. The van der Waals surface area contributed by atoms with Gasteiger partial charge in [-0.2, -0.15) is 0 Å². The third kappa shape index (κ3) is 4.02. The molecule has 0 bridgehead atoms. The van der Waals surface area contributed by atoms with E-state index < -0.39 is 10.0 Å². The van der Waals surface area contributed by atoms with Crippen LogP contribution in [0.25, 0.3) is 0 Å². The summed E-state index contributed by atoms with van der Waals surface area (Å²) in [5.41, 5.74) is 2.94. The second kappa shape index (κ2) is 8.20. The molecule has 0 unspecified atom stereocenters. The molecule has 1 aliphatic heterocycles. The molecule has 30 heavy (non-hydrogen) atoms. The number of carbonyl (C=O) groups excluding carboxylic acids is 1. The molecule has 0 atom stereocenters. The molecule has 0 spiro atoms. The fourth-order valence-electron chi connectivity index (χ4n) is 3.48. The normalized spacial score (nSPS) is 13.0. The Balaban J connectivity index is 1.49. The molecule has 3 aromatic carbocycles. The van der Waals surface area contributed by atoms with Crippen LogP contribution >= 0.6 is 0 Å². The summed E-state index contributed by atoms with van der Waals surface area (Å²) >= 11 is 0. The van der Waals surface area contributed by atoms with Gasteiger partial charge in [-0.05, 0) is 73.5 Å². The molecule has 4 rings (SSSR count). The molecule has 154 valence electrons. The molecule has 1 aliphatic rings. The van der Waals surface area contributed by atoms with Gasteiger partial charge in [0, 0.05) is 23.5 Å². The molecule has 7 heteroatoms. The Labute approximate surface area is 176 Å². The van der Waals surface area contributed by atoms with Gasteiger partial charge in [0.15, 0.2) is 0 Å². The lowest BCUT2D eigenvalue weighted by Gasteiger charge is -2.17. The van der Waals surface area contributed by atoms with E-state index in [9.17, 15) is 13.2 Å². The number of hydrogen-bond acceptors (Lipinski definition) is 4. The van der Waals surface area contributed by atoms with Crippen molar-refractivity contribution in [3.8, 4) is 5.75 Å². The van der Waals surface area contributed by atoms with E-state index >= 15 is 0 Å². The summed E-state index contributed by atoms with van der Waals surface area (Å²) in [6.07, 6.45) is 0.820. The van der Waals surface area contributed by atoms with E-state index in [0.717, 1.165) is 17.7 Å². The summed E-state index contributed by atoms with van der Waals surface area (Å²) in [5, 5.41) is 0. The molecule has 0 fully saturated rings. The molecule has 6 nitrogen and oxygen atoms in total. The van der Waals surface area contributed by atoms with Gasteiger partial charge in [0.25, 0.3) is 15.9 Å². The van der Waals surface area contributed by atoms with Gasteiger partial charge in [0.2, 0.25) is 0 Å². The van der Waals surface area contributed by atoms with Crippen molar-refractivity contribution >= 4 is 27.3 Å². The maximum atomic E-state index is 12.9. The summed E-state index contributed by atoms with van der Waals surface area (Å²) in [5.74, 6) is 0.537. The zero-order valence-corrected chi connectivity index (χ0v) is 17.4. The van der Waals surface area contributed by atoms with E-state index in [0.29, 0.717) is 30.2 Å². The number of fused-ring (bicyclic) bond motifs is 1. The van der Waals surface area contributed by atoms with Crippen molar-refractivity contribution in [2.75, 3.05) is 22.8 Å². The molecular weight excluding hydrogens is 400 g/mol. The lowest BCUT2D eigenvalue weighted by atomic mass is 10.1. The van der Waals surface area contributed by atoms with E-state index in [2.05, 4.69) is 4.72 Å². The van der Waals surface area contributed by atoms with Crippen molar-refractivity contribution in [2.45, 2.75) is 18.2 Å². The van der Waals surface area contributed by atoms with E-state index in [4.69, 9.17) is 4.74 Å². The fourth-order valence-corrected chi connectivity index (χ4v) is 4.54. The van der Waals surface area contributed by atoms with Crippen molar-refractivity contribution in [1.82, 2.24) is 0 Å². The average molecular weight is 423 g/mol. The predicted octanol–water partition coefficient (Wildman–Crippen LogP) is 4.09. The third-order valence-corrected chi connectivity index (χ3v) is 6.36. The second-order valence-corrected chi connectivity index (χ2v) is 8.61. The van der Waals surface area contributed by atoms with E-state index in [1.807, 2.05) is 31.2 Å². The topological polar surface area (TPSA) is 75.7 Å². The quantitative estimate of drug-likeness (QED) is 0.649. The lowest BCUT2D eigenvalue weighted by Crippen LogP contribution is -2.28. The summed E-state index contributed by atoms with van der Waals surface area (Å²) in [6.45, 7) is 3.05. The average Bonchev–Trinajstić information content (AvgIpc) is 3.19. The van der Waals surface area contributed by atoms with Crippen LogP contribution in [0.5, 0.6) is 5.75 Å². The smallest absolute Gasteiger partial charge is 0.261 e. The van der Waals surface area contributed by atoms with Crippen LogP contribution in [0.1, 0.15) is 22.8 Å². The van der Waals surface area contributed by atoms with Crippen LogP contribution in [-0.2, 0) is 16.4 Å². The number of ether oxygens (including phenoxy) is 1. The maximum absolute atomic E-state index is 12.9. The predicted molar refractivity (Wildman–Crippen MR) is 117 cm³/mol. The van der Waals surface area contributed by atoms with Gasteiger partial charge in [0.05, 0.1) is 11.5 Å². The number of rotatable bonds is 6. The minimum Gasteiger partial charge on any atom is -0.494 e. The molecule has 0 saturated heterocycles. The summed E-state index contributed by atoms with van der Waals surface area (Å²) in [6, 6.07) is 20.5. The van der Waals surface area contributed by atoms with Gasteiger partial charge < -0.3 is 9.64 Å². The van der Waals surface area contributed by atoms with Crippen LogP contribution < -0.4 is 14.4 Å². The molecule has 0 saturated carbocycles. The van der Waals surface area contributed by atoms with Crippen molar-refractivity contribution in [3.05, 3.63) is 83.9 Å². The summed E-state index contributed by atoms with van der Waals surface area (Å²) in [4.78, 5) is 14.7. The van der Waals surface area contributed by atoms with Crippen LogP contribution in [0, 0.1) is 0 Å². The lowest BCUT2D eigenvalue weighted by molar-refractivity contribution is 0.0989. The zero-order chi connectivity index (χ0) is 21.1. The highest BCUT2D eigenvalue weighted by Crippen LogP contribution is 2.29. The molecule has 0 aliphatic carbocycles. The van der Waals surface area contributed by atoms with Crippen LogP contribution in [0.4, 0.5) is 11.4 Å². The molecule has 1 amide bonds. The van der Waals surface area contributed by atoms with Crippen molar-refractivity contribution < 1.29 is 17.9 Å². The Kier molecular flexibility index (Phi) is 5.46. The Morgan fingerprint density at radius 3 is 2.40 bits per heavy atom. The first kappa shape index (κ1) is 20.0. The Morgan fingerprint density at radius 2 is 1.70 bits per heavy atom. The maximum Gasteiger partial charge on any atom is 0.261 e. The Hall–Kier alpha value is -3.32. The standard InChI is InChI=1S/C23H22N2O4S/c1-2-29-20-11-9-19(10-12-20)24-30(27,28)21-13-7-18(8-14-21)23(26)25-16-15-17-5-3-4-6-22(17)25/h3-14,24H,2,15-16H2,1H3. The highest BCUT2D eigenvalue weighted by atomic mass is 32.2. The number of nitrogens with zero attached hydrogens (tertiary/aromatic N) is 1. The van der Waals surface area contributed by atoms with Crippen LogP contribution in [0.15, 0.2) is 77.7 Å². The number of para-hydroxylation sites is 1. The Bertz CT molecular complexity index is 1160. The molecule has 3 aromatic rings. The van der Waals surface area contributed by atoms with Gasteiger partial charge >= 0.3 is 0 Å². The number of amides is 1. The Morgan fingerprint density at radius 1 is 1.00 bits per heavy atom. The number of nitrogens with one attached hydrogen (secondary N) is 1. The number of sulfonamides is 1. The molecular formula is C23H22N2O4S. The zero-order valence-electron chi connectivity index (χ0n) is 16.5. The van der Waals surface area contributed by atoms with Crippen molar-refractivity contribution in [3.63, 3.8) is 0 Å². The van der Waals surface area contributed by atoms with E-state index in [1.165, 1.54) is 12.1 Å². The third-order valence-electron chi connectivity index (χ3n) is 4.96. The number of benzene rings is 3. The van der Waals surface area contributed by atoms with Crippen molar-refractivity contribution in [1.29, 1.82) is 0 Å². The minimum atomic E-state index is -3.76. The SMILES string of the molecule is CCOc1ccc(NS(=O)(=O)c2ccc(C(=O)N3CCc4ccccc43)cc2)cc1. The van der Waals surface area contributed by atoms with Gasteiger partial charge in [-0.25, -0.2) is 8.42 Å². The largest absolute Gasteiger partial charge is 0.494 e. The minimum absolute atomic E-state index is 0.0924. The molecule has 1 N–H and O–H groups in total.